The SMILES string of the molecule is O=C(O)c1c(O)ccc2c(S)csc12. The van der Waals surface area contributed by atoms with E-state index in [-0.39, 0.29) is 11.3 Å². The van der Waals surface area contributed by atoms with Crippen LogP contribution in [0.4, 0.5) is 0 Å². The van der Waals surface area contributed by atoms with Gasteiger partial charge in [-0.1, -0.05) is 0 Å². The van der Waals surface area contributed by atoms with Gasteiger partial charge in [0.2, 0.25) is 0 Å². The molecule has 2 aromatic rings. The summed E-state index contributed by atoms with van der Waals surface area (Å²) in [5.41, 5.74) is -0.0483. The summed E-state index contributed by atoms with van der Waals surface area (Å²) >= 11 is 5.45. The minimum atomic E-state index is -1.12. The minimum absolute atomic E-state index is 0.0483. The van der Waals surface area contributed by atoms with Gasteiger partial charge < -0.3 is 10.2 Å². The number of phenols is 1. The number of aromatic hydroxyl groups is 1. The van der Waals surface area contributed by atoms with E-state index in [2.05, 4.69) is 12.6 Å². The molecule has 0 aliphatic rings. The summed E-state index contributed by atoms with van der Waals surface area (Å²) in [5.74, 6) is -1.33. The molecule has 0 aliphatic heterocycles. The van der Waals surface area contributed by atoms with Crippen LogP contribution in [0, 0.1) is 0 Å². The van der Waals surface area contributed by atoms with Crippen LogP contribution in [-0.2, 0) is 0 Å². The molecule has 1 aromatic heterocycles. The quantitative estimate of drug-likeness (QED) is 0.655. The van der Waals surface area contributed by atoms with Crippen LogP contribution in [0.25, 0.3) is 10.1 Å². The monoisotopic (exact) mass is 226 g/mol. The number of carbonyl (C=O) groups is 1. The van der Waals surface area contributed by atoms with E-state index in [1.807, 2.05) is 0 Å². The fourth-order valence-corrected chi connectivity index (χ4v) is 2.67. The Morgan fingerprint density at radius 2 is 2.14 bits per heavy atom. The second-order valence-corrected chi connectivity index (χ2v) is 4.12. The molecule has 0 radical (unpaired) electrons. The Hall–Kier alpha value is -1.20. The van der Waals surface area contributed by atoms with Crippen molar-refractivity contribution in [3.8, 4) is 5.75 Å². The van der Waals surface area contributed by atoms with E-state index in [0.717, 1.165) is 10.3 Å². The van der Waals surface area contributed by atoms with Crippen molar-refractivity contribution in [1.82, 2.24) is 0 Å². The molecule has 0 amide bonds. The molecule has 0 bridgehead atoms. The maximum absolute atomic E-state index is 10.9. The van der Waals surface area contributed by atoms with Gasteiger partial charge in [-0.2, -0.15) is 0 Å². The molecule has 5 heteroatoms. The molecule has 3 nitrogen and oxygen atoms in total. The number of carboxylic acids is 1. The normalized spacial score (nSPS) is 10.6. The topological polar surface area (TPSA) is 57.5 Å². The molecule has 1 heterocycles. The van der Waals surface area contributed by atoms with E-state index in [4.69, 9.17) is 5.11 Å². The maximum atomic E-state index is 10.9. The van der Waals surface area contributed by atoms with E-state index in [9.17, 15) is 9.90 Å². The first-order valence-corrected chi connectivity index (χ1v) is 5.09. The number of fused-ring (bicyclic) bond motifs is 1. The van der Waals surface area contributed by atoms with Crippen molar-refractivity contribution in [3.63, 3.8) is 0 Å². The Morgan fingerprint density at radius 3 is 2.79 bits per heavy atom. The van der Waals surface area contributed by atoms with Crippen molar-refractivity contribution in [2.75, 3.05) is 0 Å². The summed E-state index contributed by atoms with van der Waals surface area (Å²) in [4.78, 5) is 11.6. The van der Waals surface area contributed by atoms with E-state index in [0.29, 0.717) is 4.70 Å². The Kier molecular flexibility index (Phi) is 2.13. The third-order valence-electron chi connectivity index (χ3n) is 1.91. The fourth-order valence-electron chi connectivity index (χ4n) is 1.28. The first-order chi connectivity index (χ1) is 6.61. The zero-order valence-corrected chi connectivity index (χ0v) is 8.60. The second kappa shape index (κ2) is 3.18. The van der Waals surface area contributed by atoms with Crippen LogP contribution >= 0.6 is 24.0 Å². The van der Waals surface area contributed by atoms with Crippen LogP contribution in [0.15, 0.2) is 22.4 Å². The van der Waals surface area contributed by atoms with Crippen LogP contribution in [0.5, 0.6) is 5.75 Å². The van der Waals surface area contributed by atoms with Crippen LogP contribution in [0.3, 0.4) is 0 Å². The standard InChI is InChI=1S/C9H6O3S2/c10-5-2-1-4-6(13)3-14-8(4)7(5)9(11)12/h1-3,10,13H,(H,11,12). The summed E-state index contributed by atoms with van der Waals surface area (Å²) in [7, 11) is 0. The van der Waals surface area contributed by atoms with Crippen molar-refractivity contribution in [1.29, 1.82) is 0 Å². The highest BCUT2D eigenvalue weighted by molar-refractivity contribution is 7.80. The van der Waals surface area contributed by atoms with E-state index in [1.54, 1.807) is 11.4 Å². The summed E-state index contributed by atoms with van der Waals surface area (Å²) in [6.07, 6.45) is 0. The number of thiol groups is 1. The van der Waals surface area contributed by atoms with E-state index < -0.39 is 5.97 Å². The van der Waals surface area contributed by atoms with Gasteiger partial charge in [-0.25, -0.2) is 4.79 Å². The van der Waals surface area contributed by atoms with Gasteiger partial charge in [0.15, 0.2) is 0 Å². The Bertz CT molecular complexity index is 516. The van der Waals surface area contributed by atoms with Crippen LogP contribution < -0.4 is 0 Å². The molecule has 14 heavy (non-hydrogen) atoms. The third kappa shape index (κ3) is 1.25. The largest absolute Gasteiger partial charge is 0.507 e. The van der Waals surface area contributed by atoms with Crippen molar-refractivity contribution in [2.45, 2.75) is 4.90 Å². The lowest BCUT2D eigenvalue weighted by molar-refractivity contribution is 0.0696. The first kappa shape index (κ1) is 9.36. The molecule has 0 spiro atoms. The fraction of sp³-hybridized carbons (Fsp3) is 0. The van der Waals surface area contributed by atoms with Gasteiger partial charge in [0.05, 0.1) is 4.70 Å². The zero-order chi connectivity index (χ0) is 10.3. The van der Waals surface area contributed by atoms with E-state index >= 15 is 0 Å². The molecule has 2 N–H and O–H groups in total. The number of hydrogen-bond donors (Lipinski definition) is 3. The minimum Gasteiger partial charge on any atom is -0.507 e. The first-order valence-electron chi connectivity index (χ1n) is 3.76. The molecule has 0 unspecified atom stereocenters. The van der Waals surface area contributed by atoms with Gasteiger partial charge >= 0.3 is 5.97 Å². The Labute approximate surface area is 89.0 Å². The molecule has 0 saturated carbocycles. The summed E-state index contributed by atoms with van der Waals surface area (Å²) in [6, 6.07) is 3.04. The predicted octanol–water partition coefficient (Wildman–Crippen LogP) is 2.59. The Morgan fingerprint density at radius 1 is 1.43 bits per heavy atom. The van der Waals surface area contributed by atoms with Crippen LogP contribution in [0.2, 0.25) is 0 Å². The van der Waals surface area contributed by atoms with Crippen molar-refractivity contribution >= 4 is 40.0 Å². The molecule has 0 saturated heterocycles. The van der Waals surface area contributed by atoms with Crippen LogP contribution in [-0.4, -0.2) is 16.2 Å². The molecule has 2 rings (SSSR count). The average molecular weight is 226 g/mol. The highest BCUT2D eigenvalue weighted by Gasteiger charge is 2.16. The van der Waals surface area contributed by atoms with Gasteiger partial charge in [0, 0.05) is 15.7 Å². The number of thiophene rings is 1. The number of aromatic carboxylic acids is 1. The average Bonchev–Trinajstić information content (AvgIpc) is 2.47. The van der Waals surface area contributed by atoms with Gasteiger partial charge in [0.25, 0.3) is 0 Å². The molecule has 0 fully saturated rings. The van der Waals surface area contributed by atoms with Crippen molar-refractivity contribution < 1.29 is 15.0 Å². The lowest BCUT2D eigenvalue weighted by Gasteiger charge is -2.00. The van der Waals surface area contributed by atoms with Crippen molar-refractivity contribution in [3.05, 3.63) is 23.1 Å². The maximum Gasteiger partial charge on any atom is 0.340 e. The smallest absolute Gasteiger partial charge is 0.340 e. The second-order valence-electron chi connectivity index (χ2n) is 2.76. The van der Waals surface area contributed by atoms with Gasteiger partial charge in [-0.15, -0.1) is 24.0 Å². The lowest BCUT2D eigenvalue weighted by Crippen LogP contribution is -1.96. The number of rotatable bonds is 1. The van der Waals surface area contributed by atoms with Gasteiger partial charge in [-0.05, 0) is 12.1 Å². The number of benzene rings is 1. The summed E-state index contributed by atoms with van der Waals surface area (Å²) < 4.78 is 0.558. The molecular formula is C9H6O3S2. The van der Waals surface area contributed by atoms with Crippen LogP contribution in [0.1, 0.15) is 10.4 Å². The Balaban J connectivity index is 2.90. The van der Waals surface area contributed by atoms with Gasteiger partial charge in [-0.3, -0.25) is 0 Å². The predicted molar refractivity (Wildman–Crippen MR) is 57.7 cm³/mol. The summed E-state index contributed by atoms with van der Waals surface area (Å²) in [5, 5.41) is 20.8. The van der Waals surface area contributed by atoms with Gasteiger partial charge in [0.1, 0.15) is 11.3 Å². The lowest BCUT2D eigenvalue weighted by atomic mass is 10.1. The zero-order valence-electron chi connectivity index (χ0n) is 6.89. The number of hydrogen-bond acceptors (Lipinski definition) is 4. The molecule has 0 aliphatic carbocycles. The molecule has 72 valence electrons. The molecule has 0 atom stereocenters. The highest BCUT2D eigenvalue weighted by atomic mass is 32.1. The molecule has 1 aromatic carbocycles. The van der Waals surface area contributed by atoms with Crippen molar-refractivity contribution in [2.24, 2.45) is 0 Å². The third-order valence-corrected chi connectivity index (χ3v) is 3.47. The molecular weight excluding hydrogens is 220 g/mol. The summed E-state index contributed by atoms with van der Waals surface area (Å²) in [6.45, 7) is 0. The van der Waals surface area contributed by atoms with E-state index in [1.165, 1.54) is 17.4 Å². The highest BCUT2D eigenvalue weighted by Crippen LogP contribution is 2.35. The number of carboxylic acid groups (broad SMARTS) is 1.